The Labute approximate surface area is 187 Å². The molecule has 5 nitrogen and oxygen atoms in total. The summed E-state index contributed by atoms with van der Waals surface area (Å²) in [5, 5.41) is 12.6. The van der Waals surface area contributed by atoms with Crippen molar-refractivity contribution in [2.45, 2.75) is 13.8 Å². The number of aromatic nitrogens is 1. The minimum atomic E-state index is -1.01. The van der Waals surface area contributed by atoms with Crippen molar-refractivity contribution in [2.75, 3.05) is 5.32 Å². The van der Waals surface area contributed by atoms with Gasteiger partial charge in [-0.05, 0) is 79.6 Å². The van der Waals surface area contributed by atoms with Crippen LogP contribution in [0.4, 0.5) is 5.69 Å². The van der Waals surface area contributed by atoms with Gasteiger partial charge < -0.3 is 10.4 Å². The molecule has 6 heteroatoms. The Bertz CT molecular complexity index is 1330. The lowest BCUT2D eigenvalue weighted by Gasteiger charge is -2.12. The van der Waals surface area contributed by atoms with Gasteiger partial charge in [-0.2, -0.15) is 0 Å². The van der Waals surface area contributed by atoms with E-state index in [0.717, 1.165) is 21.0 Å². The van der Waals surface area contributed by atoms with Crippen molar-refractivity contribution in [1.82, 2.24) is 4.98 Å². The molecule has 154 valence electrons. The molecule has 0 unspecified atom stereocenters. The van der Waals surface area contributed by atoms with Gasteiger partial charge in [0.2, 0.25) is 0 Å². The molecule has 0 bridgehead atoms. The molecule has 1 aromatic heterocycles. The maximum atomic E-state index is 13.2. The van der Waals surface area contributed by atoms with E-state index in [-0.39, 0.29) is 11.5 Å². The summed E-state index contributed by atoms with van der Waals surface area (Å²) in [5.41, 5.74) is 5.87. The Morgan fingerprint density at radius 3 is 2.32 bits per heavy atom. The molecular weight excluding hydrogens is 456 g/mol. The molecule has 0 aliphatic heterocycles. The maximum absolute atomic E-state index is 13.2. The summed E-state index contributed by atoms with van der Waals surface area (Å²) in [5.74, 6) is -1.31. The topological polar surface area (TPSA) is 79.3 Å². The highest BCUT2D eigenvalue weighted by Crippen LogP contribution is 2.29. The Morgan fingerprint density at radius 2 is 1.65 bits per heavy atom. The molecule has 3 aromatic carbocycles. The van der Waals surface area contributed by atoms with Gasteiger partial charge in [0, 0.05) is 21.1 Å². The van der Waals surface area contributed by atoms with Crippen LogP contribution in [-0.2, 0) is 0 Å². The predicted molar refractivity (Wildman–Crippen MR) is 126 cm³/mol. The van der Waals surface area contributed by atoms with E-state index < -0.39 is 5.97 Å². The summed E-state index contributed by atoms with van der Waals surface area (Å²) >= 11 is 3.47. The summed E-state index contributed by atoms with van der Waals surface area (Å²) in [6.07, 6.45) is 0. The van der Waals surface area contributed by atoms with Crippen LogP contribution in [0.2, 0.25) is 0 Å². The second-order valence-electron chi connectivity index (χ2n) is 7.35. The molecule has 0 saturated carbocycles. The van der Waals surface area contributed by atoms with Gasteiger partial charge in [0.05, 0.1) is 22.3 Å². The van der Waals surface area contributed by atoms with Gasteiger partial charge in [-0.15, -0.1) is 0 Å². The van der Waals surface area contributed by atoms with Crippen molar-refractivity contribution < 1.29 is 14.7 Å². The van der Waals surface area contributed by atoms with Crippen LogP contribution in [0.1, 0.15) is 31.8 Å². The first-order valence-corrected chi connectivity index (χ1v) is 10.4. The van der Waals surface area contributed by atoms with E-state index in [9.17, 15) is 9.59 Å². The van der Waals surface area contributed by atoms with Crippen LogP contribution >= 0.6 is 15.9 Å². The fraction of sp³-hybridized carbons (Fsp3) is 0.0800. The normalized spacial score (nSPS) is 10.8. The van der Waals surface area contributed by atoms with E-state index in [2.05, 4.69) is 34.2 Å². The van der Waals surface area contributed by atoms with Crippen LogP contribution in [0, 0.1) is 13.8 Å². The zero-order valence-electron chi connectivity index (χ0n) is 16.9. The Morgan fingerprint density at radius 1 is 0.903 bits per heavy atom. The van der Waals surface area contributed by atoms with Crippen molar-refractivity contribution in [2.24, 2.45) is 0 Å². The van der Waals surface area contributed by atoms with Gasteiger partial charge in [0.25, 0.3) is 5.91 Å². The summed E-state index contributed by atoms with van der Waals surface area (Å²) in [6.45, 7) is 4.10. The SMILES string of the molecule is Cc1ccc(-c2cc(C(=O)Nc3ccc(C(=O)O)cc3)c3cc(Br)ccc3n2)cc1C. The third kappa shape index (κ3) is 4.34. The van der Waals surface area contributed by atoms with Crippen LogP contribution < -0.4 is 5.32 Å². The Balaban J connectivity index is 1.79. The maximum Gasteiger partial charge on any atom is 0.335 e. The molecule has 0 atom stereocenters. The van der Waals surface area contributed by atoms with Crippen LogP contribution in [0.15, 0.2) is 71.2 Å². The number of benzene rings is 3. The second-order valence-corrected chi connectivity index (χ2v) is 8.27. The number of halogens is 1. The van der Waals surface area contributed by atoms with Gasteiger partial charge in [-0.25, -0.2) is 9.78 Å². The number of aromatic carboxylic acids is 1. The number of rotatable bonds is 4. The summed E-state index contributed by atoms with van der Waals surface area (Å²) in [6, 6.07) is 19.6. The molecule has 0 aliphatic carbocycles. The molecule has 4 rings (SSSR count). The summed E-state index contributed by atoms with van der Waals surface area (Å²) in [4.78, 5) is 29.0. The molecule has 31 heavy (non-hydrogen) atoms. The van der Waals surface area contributed by atoms with E-state index >= 15 is 0 Å². The number of pyridine rings is 1. The van der Waals surface area contributed by atoms with E-state index in [0.29, 0.717) is 22.5 Å². The van der Waals surface area contributed by atoms with Crippen molar-refractivity contribution >= 4 is 44.4 Å². The molecule has 2 N–H and O–H groups in total. The van der Waals surface area contributed by atoms with Crippen LogP contribution in [-0.4, -0.2) is 22.0 Å². The Hall–Kier alpha value is -3.51. The zero-order valence-corrected chi connectivity index (χ0v) is 18.5. The molecule has 0 aliphatic rings. The smallest absolute Gasteiger partial charge is 0.335 e. The second kappa shape index (κ2) is 8.32. The Kier molecular flexibility index (Phi) is 5.57. The number of fused-ring (bicyclic) bond motifs is 1. The average molecular weight is 475 g/mol. The summed E-state index contributed by atoms with van der Waals surface area (Å²) in [7, 11) is 0. The number of hydrogen-bond acceptors (Lipinski definition) is 3. The van der Waals surface area contributed by atoms with E-state index in [4.69, 9.17) is 10.1 Å². The van der Waals surface area contributed by atoms with Crippen molar-refractivity contribution in [3.05, 3.63) is 93.5 Å². The number of carboxylic acids is 1. The molecule has 1 amide bonds. The molecule has 0 radical (unpaired) electrons. The molecule has 0 spiro atoms. The third-order valence-electron chi connectivity index (χ3n) is 5.21. The lowest BCUT2D eigenvalue weighted by molar-refractivity contribution is 0.0696. The minimum Gasteiger partial charge on any atom is -0.478 e. The van der Waals surface area contributed by atoms with Crippen LogP contribution in [0.5, 0.6) is 0 Å². The van der Waals surface area contributed by atoms with Gasteiger partial charge in [-0.1, -0.05) is 28.1 Å². The number of hydrogen-bond donors (Lipinski definition) is 2. The van der Waals surface area contributed by atoms with Gasteiger partial charge in [-0.3, -0.25) is 4.79 Å². The van der Waals surface area contributed by atoms with Gasteiger partial charge in [0.15, 0.2) is 0 Å². The highest BCUT2D eigenvalue weighted by molar-refractivity contribution is 9.10. The number of anilines is 1. The van der Waals surface area contributed by atoms with Gasteiger partial charge >= 0.3 is 5.97 Å². The lowest BCUT2D eigenvalue weighted by atomic mass is 10.0. The standard InChI is InChI=1S/C25H19BrN2O3/c1-14-3-4-17(11-15(14)2)23-13-21(20-12-18(26)7-10-22(20)28-23)24(29)27-19-8-5-16(6-9-19)25(30)31/h3-13H,1-2H3,(H,27,29)(H,30,31). The van der Waals surface area contributed by atoms with Crippen molar-refractivity contribution in [3.8, 4) is 11.3 Å². The highest BCUT2D eigenvalue weighted by atomic mass is 79.9. The van der Waals surface area contributed by atoms with E-state index in [1.165, 1.54) is 17.7 Å². The first-order chi connectivity index (χ1) is 14.8. The number of carbonyl (C=O) groups is 2. The average Bonchev–Trinajstić information content (AvgIpc) is 2.75. The number of carboxylic acid groups (broad SMARTS) is 1. The summed E-state index contributed by atoms with van der Waals surface area (Å²) < 4.78 is 0.848. The van der Waals surface area contributed by atoms with Crippen molar-refractivity contribution in [3.63, 3.8) is 0 Å². The molecular formula is C25H19BrN2O3. The molecule has 4 aromatic rings. The highest BCUT2D eigenvalue weighted by Gasteiger charge is 2.15. The number of aryl methyl sites for hydroxylation is 2. The fourth-order valence-electron chi connectivity index (χ4n) is 3.33. The molecule has 0 saturated heterocycles. The number of nitrogens with one attached hydrogen (secondary N) is 1. The first-order valence-electron chi connectivity index (χ1n) is 9.64. The fourth-order valence-corrected chi connectivity index (χ4v) is 3.69. The van der Waals surface area contributed by atoms with Gasteiger partial charge in [0.1, 0.15) is 0 Å². The molecule has 0 fully saturated rings. The van der Waals surface area contributed by atoms with E-state index in [1.54, 1.807) is 18.2 Å². The number of amides is 1. The monoisotopic (exact) mass is 474 g/mol. The van der Waals surface area contributed by atoms with Crippen LogP contribution in [0.25, 0.3) is 22.2 Å². The van der Waals surface area contributed by atoms with Crippen molar-refractivity contribution in [1.29, 1.82) is 0 Å². The van der Waals surface area contributed by atoms with Crippen LogP contribution in [0.3, 0.4) is 0 Å². The number of nitrogens with zero attached hydrogens (tertiary/aromatic N) is 1. The third-order valence-corrected chi connectivity index (χ3v) is 5.70. The quantitative estimate of drug-likeness (QED) is 0.367. The zero-order chi connectivity index (χ0) is 22.1. The first kappa shape index (κ1) is 20.8. The van der Waals surface area contributed by atoms with E-state index in [1.807, 2.05) is 37.3 Å². The largest absolute Gasteiger partial charge is 0.478 e. The lowest BCUT2D eigenvalue weighted by Crippen LogP contribution is -2.13. The molecule has 1 heterocycles. The minimum absolute atomic E-state index is 0.160. The number of carbonyl (C=O) groups excluding carboxylic acids is 1. The predicted octanol–water partition coefficient (Wildman–Crippen LogP) is 6.23.